The van der Waals surface area contributed by atoms with E-state index in [0.29, 0.717) is 44.3 Å². The van der Waals surface area contributed by atoms with Gasteiger partial charge >= 0.3 is 0 Å². The SMILES string of the molecule is COCCN1CC=CC[C@H](C2CCN(C(=O)c3cnc(N4CCCCC4)nc3)CC2)C1=O. The second-order valence-electron chi connectivity index (χ2n) is 9.04. The van der Waals surface area contributed by atoms with Crippen molar-refractivity contribution in [3.8, 4) is 0 Å². The molecule has 174 valence electrons. The summed E-state index contributed by atoms with van der Waals surface area (Å²) in [4.78, 5) is 41.0. The Labute approximate surface area is 190 Å². The van der Waals surface area contributed by atoms with E-state index in [1.165, 1.54) is 19.3 Å². The molecule has 0 aromatic carbocycles. The molecule has 0 N–H and O–H groups in total. The number of amides is 2. The number of anilines is 1. The van der Waals surface area contributed by atoms with Crippen LogP contribution in [0.1, 0.15) is 48.9 Å². The maximum absolute atomic E-state index is 13.1. The second kappa shape index (κ2) is 10.9. The number of ether oxygens (including phenoxy) is 1. The molecule has 0 spiro atoms. The summed E-state index contributed by atoms with van der Waals surface area (Å²) in [5.41, 5.74) is 0.545. The van der Waals surface area contributed by atoms with E-state index in [-0.39, 0.29) is 17.7 Å². The van der Waals surface area contributed by atoms with Crippen LogP contribution in [-0.4, -0.2) is 84.6 Å². The normalized spacial score (nSPS) is 22.8. The topological polar surface area (TPSA) is 78.9 Å². The number of hydrogen-bond donors (Lipinski definition) is 0. The second-order valence-corrected chi connectivity index (χ2v) is 9.04. The van der Waals surface area contributed by atoms with Gasteiger partial charge in [-0.15, -0.1) is 0 Å². The molecule has 1 aromatic heterocycles. The molecule has 8 nitrogen and oxygen atoms in total. The minimum Gasteiger partial charge on any atom is -0.383 e. The monoisotopic (exact) mass is 441 g/mol. The minimum atomic E-state index is -0.0116. The average molecular weight is 442 g/mol. The van der Waals surface area contributed by atoms with Crippen LogP contribution in [0, 0.1) is 11.8 Å². The average Bonchev–Trinajstić information content (AvgIpc) is 3.04. The number of allylic oxidation sites excluding steroid dienone is 1. The van der Waals surface area contributed by atoms with Gasteiger partial charge in [-0.05, 0) is 44.4 Å². The van der Waals surface area contributed by atoms with Gasteiger partial charge in [0, 0.05) is 64.7 Å². The van der Waals surface area contributed by atoms with Gasteiger partial charge in [-0.1, -0.05) is 12.2 Å². The molecule has 4 rings (SSSR count). The standard InChI is InChI=1S/C24H35N5O3/c1-32-16-15-27-10-6-3-7-21(23(27)31)19-8-13-28(14-9-19)22(30)20-17-25-24(26-18-20)29-11-4-2-5-12-29/h3,6,17-19,21H,2,4-5,7-16H2,1H3/t21-/m1/s1. The molecule has 1 atom stereocenters. The fourth-order valence-electron chi connectivity index (χ4n) is 5.04. The Morgan fingerprint density at radius 2 is 1.78 bits per heavy atom. The molecule has 0 unspecified atom stereocenters. The molecule has 32 heavy (non-hydrogen) atoms. The lowest BCUT2D eigenvalue weighted by Crippen LogP contribution is -2.44. The zero-order valence-electron chi connectivity index (χ0n) is 19.1. The molecular weight excluding hydrogens is 406 g/mol. The number of aromatic nitrogens is 2. The summed E-state index contributed by atoms with van der Waals surface area (Å²) in [5, 5.41) is 0. The van der Waals surface area contributed by atoms with Crippen molar-refractivity contribution in [3.63, 3.8) is 0 Å². The molecule has 0 bridgehead atoms. The van der Waals surface area contributed by atoms with Crippen LogP contribution in [0.2, 0.25) is 0 Å². The Morgan fingerprint density at radius 1 is 1.06 bits per heavy atom. The van der Waals surface area contributed by atoms with E-state index in [4.69, 9.17) is 4.74 Å². The lowest BCUT2D eigenvalue weighted by atomic mass is 9.81. The van der Waals surface area contributed by atoms with Crippen LogP contribution < -0.4 is 4.90 Å². The van der Waals surface area contributed by atoms with Gasteiger partial charge in [0.1, 0.15) is 0 Å². The van der Waals surface area contributed by atoms with Crippen molar-refractivity contribution >= 4 is 17.8 Å². The maximum atomic E-state index is 13.1. The van der Waals surface area contributed by atoms with Crippen molar-refractivity contribution in [2.45, 2.75) is 38.5 Å². The summed E-state index contributed by atoms with van der Waals surface area (Å²) in [6.45, 7) is 5.14. The number of hydrogen-bond acceptors (Lipinski definition) is 6. The number of rotatable bonds is 6. The third kappa shape index (κ3) is 5.28. The van der Waals surface area contributed by atoms with Crippen LogP contribution in [0.3, 0.4) is 0 Å². The number of carbonyl (C=O) groups excluding carboxylic acids is 2. The summed E-state index contributed by atoms with van der Waals surface area (Å²) in [5.74, 6) is 1.23. The van der Waals surface area contributed by atoms with Crippen molar-refractivity contribution in [2.24, 2.45) is 11.8 Å². The van der Waals surface area contributed by atoms with Gasteiger partial charge in [-0.25, -0.2) is 9.97 Å². The molecule has 2 fully saturated rings. The number of likely N-dealkylation sites (tertiary alicyclic amines) is 1. The highest BCUT2D eigenvalue weighted by molar-refractivity contribution is 5.93. The fourth-order valence-corrected chi connectivity index (χ4v) is 5.04. The van der Waals surface area contributed by atoms with Crippen LogP contribution in [0.15, 0.2) is 24.5 Å². The molecule has 2 amide bonds. The highest BCUT2D eigenvalue weighted by Gasteiger charge is 2.35. The molecule has 4 heterocycles. The molecule has 0 saturated carbocycles. The van der Waals surface area contributed by atoms with Gasteiger partial charge in [0.05, 0.1) is 12.2 Å². The van der Waals surface area contributed by atoms with Crippen LogP contribution in [0.4, 0.5) is 5.95 Å². The number of piperidine rings is 2. The first-order valence-corrected chi connectivity index (χ1v) is 12.0. The summed E-state index contributed by atoms with van der Waals surface area (Å²) < 4.78 is 5.16. The zero-order valence-corrected chi connectivity index (χ0v) is 19.1. The van der Waals surface area contributed by atoms with E-state index in [0.717, 1.165) is 38.3 Å². The molecule has 8 heteroatoms. The Kier molecular flexibility index (Phi) is 7.73. The highest BCUT2D eigenvalue weighted by Crippen LogP contribution is 2.31. The van der Waals surface area contributed by atoms with E-state index in [9.17, 15) is 9.59 Å². The lowest BCUT2D eigenvalue weighted by Gasteiger charge is -2.36. The first-order chi connectivity index (χ1) is 15.7. The molecule has 0 aliphatic carbocycles. The third-order valence-corrected chi connectivity index (χ3v) is 7.00. The van der Waals surface area contributed by atoms with Gasteiger partial charge in [0.2, 0.25) is 11.9 Å². The van der Waals surface area contributed by atoms with Crippen molar-refractivity contribution in [2.75, 3.05) is 57.9 Å². The predicted octanol–water partition coefficient (Wildman–Crippen LogP) is 2.37. The molecular formula is C24H35N5O3. The molecule has 3 aliphatic heterocycles. The van der Waals surface area contributed by atoms with Crippen molar-refractivity contribution in [3.05, 3.63) is 30.1 Å². The van der Waals surface area contributed by atoms with E-state index in [1.54, 1.807) is 19.5 Å². The Morgan fingerprint density at radius 3 is 2.47 bits per heavy atom. The van der Waals surface area contributed by atoms with E-state index in [2.05, 4.69) is 27.0 Å². The smallest absolute Gasteiger partial charge is 0.256 e. The van der Waals surface area contributed by atoms with Crippen molar-refractivity contribution in [1.82, 2.24) is 19.8 Å². The predicted molar refractivity (Wildman–Crippen MR) is 122 cm³/mol. The molecule has 0 radical (unpaired) electrons. The summed E-state index contributed by atoms with van der Waals surface area (Å²) in [7, 11) is 1.66. The largest absolute Gasteiger partial charge is 0.383 e. The Bertz CT molecular complexity index is 798. The van der Waals surface area contributed by atoms with Crippen molar-refractivity contribution < 1.29 is 14.3 Å². The van der Waals surface area contributed by atoms with Crippen LogP contribution in [-0.2, 0) is 9.53 Å². The third-order valence-electron chi connectivity index (χ3n) is 7.00. The van der Waals surface area contributed by atoms with Gasteiger partial charge in [0.25, 0.3) is 5.91 Å². The van der Waals surface area contributed by atoms with E-state index in [1.807, 2.05) is 9.80 Å². The van der Waals surface area contributed by atoms with E-state index < -0.39 is 0 Å². The quantitative estimate of drug-likeness (QED) is 0.631. The van der Waals surface area contributed by atoms with Gasteiger partial charge < -0.3 is 19.4 Å². The first kappa shape index (κ1) is 22.7. The highest BCUT2D eigenvalue weighted by atomic mass is 16.5. The van der Waals surface area contributed by atoms with Gasteiger partial charge in [-0.2, -0.15) is 0 Å². The summed E-state index contributed by atoms with van der Waals surface area (Å²) >= 11 is 0. The maximum Gasteiger partial charge on any atom is 0.256 e. The van der Waals surface area contributed by atoms with Crippen molar-refractivity contribution in [1.29, 1.82) is 0 Å². The Hall–Kier alpha value is -2.48. The van der Waals surface area contributed by atoms with E-state index >= 15 is 0 Å². The summed E-state index contributed by atoms with van der Waals surface area (Å²) in [6, 6.07) is 0. The molecule has 3 aliphatic rings. The van der Waals surface area contributed by atoms with Crippen LogP contribution in [0.5, 0.6) is 0 Å². The summed E-state index contributed by atoms with van der Waals surface area (Å²) in [6.07, 6.45) is 13.6. The fraction of sp³-hybridized carbons (Fsp3) is 0.667. The minimum absolute atomic E-state index is 0.00461. The number of nitrogens with zero attached hydrogens (tertiary/aromatic N) is 5. The first-order valence-electron chi connectivity index (χ1n) is 12.0. The molecule has 2 saturated heterocycles. The number of methoxy groups -OCH3 is 1. The lowest BCUT2D eigenvalue weighted by molar-refractivity contribution is -0.137. The number of carbonyl (C=O) groups is 2. The van der Waals surface area contributed by atoms with Crippen LogP contribution >= 0.6 is 0 Å². The van der Waals surface area contributed by atoms with Crippen LogP contribution in [0.25, 0.3) is 0 Å². The Balaban J connectivity index is 1.32. The zero-order chi connectivity index (χ0) is 22.3. The van der Waals surface area contributed by atoms with Gasteiger partial charge in [0.15, 0.2) is 0 Å². The van der Waals surface area contributed by atoms with Gasteiger partial charge in [-0.3, -0.25) is 9.59 Å². The molecule has 1 aromatic rings.